The molecular formula is C22H28N6O2S. The van der Waals surface area contributed by atoms with Crippen molar-refractivity contribution in [3.8, 4) is 11.7 Å². The van der Waals surface area contributed by atoms with E-state index in [2.05, 4.69) is 37.2 Å². The summed E-state index contributed by atoms with van der Waals surface area (Å²) in [7, 11) is 1.87. The quantitative estimate of drug-likeness (QED) is 0.661. The summed E-state index contributed by atoms with van der Waals surface area (Å²) in [4.78, 5) is 17.2. The van der Waals surface area contributed by atoms with Crippen molar-refractivity contribution in [2.75, 3.05) is 43.3 Å². The van der Waals surface area contributed by atoms with Crippen molar-refractivity contribution in [2.45, 2.75) is 37.6 Å². The standard InChI is InChI=1S/C22H28N6O2S/c1-13-10-29-11-14-12-30-17-18(22(2,3)31-5)25-21(26-19(17)27(13)14)28-16-9-7-6-8-15(16)24-20(28)23-4/h6-9,13-14H,10-12H2,1-5H3,(H,23,24)/t13-,14+/m0/s1. The van der Waals surface area contributed by atoms with Gasteiger partial charge in [0.05, 0.1) is 41.1 Å². The van der Waals surface area contributed by atoms with Crippen molar-refractivity contribution in [1.29, 1.82) is 0 Å². The molecule has 0 saturated carbocycles. The van der Waals surface area contributed by atoms with Gasteiger partial charge in [0, 0.05) is 7.05 Å². The van der Waals surface area contributed by atoms with Gasteiger partial charge in [-0.1, -0.05) is 12.1 Å². The van der Waals surface area contributed by atoms with E-state index in [0.29, 0.717) is 31.7 Å². The molecule has 164 valence electrons. The van der Waals surface area contributed by atoms with E-state index in [0.717, 1.165) is 28.3 Å². The zero-order chi connectivity index (χ0) is 21.8. The molecule has 8 nitrogen and oxygen atoms in total. The van der Waals surface area contributed by atoms with Crippen molar-refractivity contribution >= 4 is 34.6 Å². The molecule has 1 saturated heterocycles. The number of benzene rings is 1. The average Bonchev–Trinajstić information content (AvgIpc) is 3.16. The molecule has 0 unspecified atom stereocenters. The molecule has 5 rings (SSSR count). The van der Waals surface area contributed by atoms with E-state index in [1.165, 1.54) is 0 Å². The van der Waals surface area contributed by atoms with Crippen LogP contribution in [0.4, 0.5) is 11.8 Å². The minimum atomic E-state index is -0.250. The SMILES string of the molecule is CNc1nc2ccccc2n1-c1nc2c(c(C(C)(C)SC)n1)OC[C@H]1COC[C@H](C)N21. The molecule has 2 atom stereocenters. The highest BCUT2D eigenvalue weighted by Gasteiger charge is 2.40. The summed E-state index contributed by atoms with van der Waals surface area (Å²) in [6.07, 6.45) is 2.10. The Morgan fingerprint density at radius 3 is 2.71 bits per heavy atom. The Hall–Kier alpha value is -2.52. The molecule has 1 fully saturated rings. The molecule has 2 aliphatic heterocycles. The van der Waals surface area contributed by atoms with Gasteiger partial charge in [0.25, 0.3) is 0 Å². The number of nitrogens with zero attached hydrogens (tertiary/aromatic N) is 5. The van der Waals surface area contributed by atoms with E-state index in [1.807, 2.05) is 35.9 Å². The van der Waals surface area contributed by atoms with Crippen LogP contribution in [0.15, 0.2) is 24.3 Å². The van der Waals surface area contributed by atoms with Crippen molar-refractivity contribution in [3.05, 3.63) is 30.0 Å². The molecule has 3 aromatic rings. The summed E-state index contributed by atoms with van der Waals surface area (Å²) < 4.78 is 13.8. The molecule has 1 N–H and O–H groups in total. The molecule has 1 aromatic carbocycles. The summed E-state index contributed by atoms with van der Waals surface area (Å²) in [6, 6.07) is 8.39. The van der Waals surface area contributed by atoms with E-state index in [9.17, 15) is 0 Å². The van der Waals surface area contributed by atoms with E-state index >= 15 is 0 Å². The van der Waals surface area contributed by atoms with Gasteiger partial charge >= 0.3 is 0 Å². The lowest BCUT2D eigenvalue weighted by molar-refractivity contribution is 0.0482. The summed E-state index contributed by atoms with van der Waals surface area (Å²) >= 11 is 1.75. The summed E-state index contributed by atoms with van der Waals surface area (Å²) in [6.45, 7) is 8.41. The molecule has 0 bridgehead atoms. The fourth-order valence-electron chi connectivity index (χ4n) is 4.32. The van der Waals surface area contributed by atoms with E-state index in [-0.39, 0.29) is 16.8 Å². The van der Waals surface area contributed by atoms with Crippen molar-refractivity contribution in [1.82, 2.24) is 19.5 Å². The number of ether oxygens (including phenoxy) is 2. The Bertz CT molecular complexity index is 1130. The van der Waals surface area contributed by atoms with Crippen LogP contribution in [-0.2, 0) is 9.48 Å². The van der Waals surface area contributed by atoms with Crippen molar-refractivity contribution < 1.29 is 9.47 Å². The lowest BCUT2D eigenvalue weighted by Gasteiger charge is -2.45. The number of fused-ring (bicyclic) bond motifs is 4. The second kappa shape index (κ2) is 7.56. The minimum Gasteiger partial charge on any atom is -0.486 e. The first-order valence-electron chi connectivity index (χ1n) is 10.6. The predicted molar refractivity (Wildman–Crippen MR) is 125 cm³/mol. The van der Waals surface area contributed by atoms with Gasteiger partial charge in [0.2, 0.25) is 11.9 Å². The maximum Gasteiger partial charge on any atom is 0.239 e. The van der Waals surface area contributed by atoms with Gasteiger partial charge in [0.15, 0.2) is 11.6 Å². The average molecular weight is 441 g/mol. The molecule has 9 heteroatoms. The molecular weight excluding hydrogens is 412 g/mol. The first-order chi connectivity index (χ1) is 14.9. The van der Waals surface area contributed by atoms with Crippen LogP contribution in [0.1, 0.15) is 26.5 Å². The highest BCUT2D eigenvalue weighted by atomic mass is 32.2. The van der Waals surface area contributed by atoms with Gasteiger partial charge in [-0.2, -0.15) is 16.7 Å². The van der Waals surface area contributed by atoms with Crippen LogP contribution < -0.4 is 15.0 Å². The number of hydrogen-bond donors (Lipinski definition) is 1. The number of para-hydroxylation sites is 2. The maximum atomic E-state index is 6.28. The highest BCUT2D eigenvalue weighted by molar-refractivity contribution is 7.99. The van der Waals surface area contributed by atoms with Crippen LogP contribution in [0.3, 0.4) is 0 Å². The normalized spacial score (nSPS) is 20.9. The number of nitrogens with one attached hydrogen (secondary N) is 1. The molecule has 31 heavy (non-hydrogen) atoms. The first-order valence-corrected chi connectivity index (χ1v) is 11.8. The van der Waals surface area contributed by atoms with Gasteiger partial charge in [-0.05, 0) is 39.2 Å². The number of aromatic nitrogens is 4. The smallest absolute Gasteiger partial charge is 0.239 e. The summed E-state index contributed by atoms with van der Waals surface area (Å²) in [5.41, 5.74) is 2.76. The Labute approximate surface area is 186 Å². The molecule has 0 radical (unpaired) electrons. The van der Waals surface area contributed by atoms with Crippen LogP contribution in [0.25, 0.3) is 17.0 Å². The fourth-order valence-corrected chi connectivity index (χ4v) is 4.65. The van der Waals surface area contributed by atoms with Gasteiger partial charge in [-0.25, -0.2) is 14.5 Å². The zero-order valence-electron chi connectivity index (χ0n) is 18.5. The first kappa shape index (κ1) is 20.4. The molecule has 2 aromatic heterocycles. The van der Waals surface area contributed by atoms with Crippen LogP contribution in [-0.4, -0.2) is 64.7 Å². The lowest BCUT2D eigenvalue weighted by Crippen LogP contribution is -2.56. The third-order valence-corrected chi connectivity index (χ3v) is 7.32. The van der Waals surface area contributed by atoms with Crippen molar-refractivity contribution in [3.63, 3.8) is 0 Å². The number of thioether (sulfide) groups is 1. The number of anilines is 2. The second-order valence-corrected chi connectivity index (χ2v) is 9.94. The number of hydrogen-bond acceptors (Lipinski definition) is 8. The topological polar surface area (TPSA) is 77.3 Å². The number of rotatable bonds is 4. The lowest BCUT2D eigenvalue weighted by atomic mass is 10.0. The Morgan fingerprint density at radius 2 is 1.94 bits per heavy atom. The second-order valence-electron chi connectivity index (χ2n) is 8.51. The number of imidazole rings is 1. The molecule has 0 spiro atoms. The van der Waals surface area contributed by atoms with Gasteiger partial charge in [-0.3, -0.25) is 0 Å². The Morgan fingerprint density at radius 1 is 1.13 bits per heavy atom. The fraction of sp³-hybridized carbons (Fsp3) is 0.500. The Kier molecular flexibility index (Phi) is 4.97. The zero-order valence-corrected chi connectivity index (χ0v) is 19.4. The van der Waals surface area contributed by atoms with Gasteiger partial charge in [0.1, 0.15) is 12.3 Å². The van der Waals surface area contributed by atoms with E-state index in [4.69, 9.17) is 24.4 Å². The van der Waals surface area contributed by atoms with E-state index in [1.54, 1.807) is 11.8 Å². The molecule has 0 amide bonds. The third-order valence-electron chi connectivity index (χ3n) is 6.10. The predicted octanol–water partition coefficient (Wildman–Crippen LogP) is 3.44. The molecule has 0 aliphatic carbocycles. The number of morpholine rings is 1. The van der Waals surface area contributed by atoms with E-state index < -0.39 is 0 Å². The Balaban J connectivity index is 1.79. The summed E-state index contributed by atoms with van der Waals surface area (Å²) in [5.74, 6) is 2.92. The van der Waals surface area contributed by atoms with Crippen LogP contribution in [0.5, 0.6) is 5.75 Å². The monoisotopic (exact) mass is 440 g/mol. The maximum absolute atomic E-state index is 6.28. The summed E-state index contributed by atoms with van der Waals surface area (Å²) in [5, 5.41) is 3.20. The highest BCUT2D eigenvalue weighted by Crippen LogP contribution is 2.45. The van der Waals surface area contributed by atoms with Gasteiger partial charge < -0.3 is 19.7 Å². The third kappa shape index (κ3) is 3.22. The largest absolute Gasteiger partial charge is 0.486 e. The molecule has 4 heterocycles. The molecule has 2 aliphatic rings. The van der Waals surface area contributed by atoms with Crippen LogP contribution in [0.2, 0.25) is 0 Å². The van der Waals surface area contributed by atoms with Crippen molar-refractivity contribution in [2.24, 2.45) is 0 Å². The minimum absolute atomic E-state index is 0.146. The van der Waals surface area contributed by atoms with Crippen LogP contribution >= 0.6 is 11.8 Å². The van der Waals surface area contributed by atoms with Gasteiger partial charge in [-0.15, -0.1) is 0 Å². The van der Waals surface area contributed by atoms with Crippen LogP contribution in [0, 0.1) is 0 Å².